The van der Waals surface area contributed by atoms with Crippen molar-refractivity contribution in [2.75, 3.05) is 6.54 Å². The van der Waals surface area contributed by atoms with Crippen molar-refractivity contribution in [3.8, 4) is 0 Å². The Hall–Kier alpha value is -1.85. The Morgan fingerprint density at radius 2 is 1.56 bits per heavy atom. The second-order valence-corrected chi connectivity index (χ2v) is 5.25. The van der Waals surface area contributed by atoms with Crippen molar-refractivity contribution in [1.29, 1.82) is 0 Å². The van der Waals surface area contributed by atoms with E-state index in [9.17, 15) is 14.4 Å². The van der Waals surface area contributed by atoms with E-state index in [0.717, 1.165) is 0 Å². The number of rotatable bonds is 3. The Labute approximate surface area is 106 Å². The Bertz CT molecular complexity index is 391. The molecule has 0 aromatic rings. The molecule has 6 nitrogen and oxygen atoms in total. The molecule has 102 valence electrons. The van der Waals surface area contributed by atoms with Crippen LogP contribution in [0.1, 0.15) is 34.6 Å². The standard InChI is InChI=1S/C12H20N2O4/c1-7(8(2)10(16)17)9(15)14-11(18)13-6-12(3,4)5/h6H2,1-5H3,(H,16,17)(H2,13,14,15,18). The van der Waals surface area contributed by atoms with E-state index in [4.69, 9.17) is 5.11 Å². The maximum atomic E-state index is 11.5. The molecular formula is C12H20N2O4. The van der Waals surface area contributed by atoms with Crippen LogP contribution >= 0.6 is 0 Å². The molecule has 3 amide bonds. The van der Waals surface area contributed by atoms with Gasteiger partial charge in [0.2, 0.25) is 0 Å². The number of hydrogen-bond donors (Lipinski definition) is 3. The van der Waals surface area contributed by atoms with Gasteiger partial charge >= 0.3 is 12.0 Å². The molecular weight excluding hydrogens is 236 g/mol. The minimum absolute atomic E-state index is 0.00779. The van der Waals surface area contributed by atoms with Gasteiger partial charge in [-0.1, -0.05) is 20.8 Å². The van der Waals surface area contributed by atoms with Gasteiger partial charge in [-0.05, 0) is 19.3 Å². The fraction of sp³-hybridized carbons (Fsp3) is 0.583. The molecule has 0 fully saturated rings. The smallest absolute Gasteiger partial charge is 0.331 e. The molecule has 0 rings (SSSR count). The molecule has 6 heteroatoms. The molecule has 0 atom stereocenters. The van der Waals surface area contributed by atoms with Crippen LogP contribution in [0.5, 0.6) is 0 Å². The molecule has 0 saturated carbocycles. The lowest BCUT2D eigenvalue weighted by Crippen LogP contribution is -2.43. The normalized spacial score (nSPS) is 12.5. The second kappa shape index (κ2) is 6.18. The van der Waals surface area contributed by atoms with Crippen molar-refractivity contribution >= 4 is 17.9 Å². The highest BCUT2D eigenvalue weighted by atomic mass is 16.4. The first kappa shape index (κ1) is 16.1. The van der Waals surface area contributed by atoms with Crippen molar-refractivity contribution in [2.24, 2.45) is 5.41 Å². The topological polar surface area (TPSA) is 95.5 Å². The summed E-state index contributed by atoms with van der Waals surface area (Å²) in [4.78, 5) is 33.6. The van der Waals surface area contributed by atoms with Gasteiger partial charge in [0.25, 0.3) is 5.91 Å². The number of carboxylic acid groups (broad SMARTS) is 1. The molecule has 0 aliphatic carbocycles. The van der Waals surface area contributed by atoms with Crippen LogP contribution < -0.4 is 10.6 Å². The van der Waals surface area contributed by atoms with E-state index in [0.29, 0.717) is 6.54 Å². The SMILES string of the molecule is CC(C(=O)O)=C(C)C(=O)NC(=O)NCC(C)(C)C. The van der Waals surface area contributed by atoms with Crippen LogP contribution in [0.15, 0.2) is 11.1 Å². The second-order valence-electron chi connectivity index (χ2n) is 5.25. The third-order valence-corrected chi connectivity index (χ3v) is 2.23. The predicted octanol–water partition coefficient (Wildman–Crippen LogP) is 1.28. The van der Waals surface area contributed by atoms with Gasteiger partial charge in [-0.25, -0.2) is 9.59 Å². The van der Waals surface area contributed by atoms with Crippen molar-refractivity contribution in [1.82, 2.24) is 10.6 Å². The van der Waals surface area contributed by atoms with Gasteiger partial charge in [-0.15, -0.1) is 0 Å². The van der Waals surface area contributed by atoms with E-state index >= 15 is 0 Å². The number of hydrogen-bond acceptors (Lipinski definition) is 3. The van der Waals surface area contributed by atoms with Gasteiger partial charge in [0, 0.05) is 17.7 Å². The van der Waals surface area contributed by atoms with Crippen LogP contribution in [-0.2, 0) is 9.59 Å². The molecule has 0 spiro atoms. The van der Waals surface area contributed by atoms with Crippen molar-refractivity contribution in [3.63, 3.8) is 0 Å². The van der Waals surface area contributed by atoms with Gasteiger partial charge in [0.15, 0.2) is 0 Å². The minimum atomic E-state index is -1.18. The zero-order valence-corrected chi connectivity index (χ0v) is 11.4. The molecule has 0 aliphatic heterocycles. The Morgan fingerprint density at radius 1 is 1.06 bits per heavy atom. The lowest BCUT2D eigenvalue weighted by atomic mass is 9.97. The number of carboxylic acids is 1. The van der Waals surface area contributed by atoms with Crippen LogP contribution in [0.2, 0.25) is 0 Å². The Kier molecular flexibility index (Phi) is 5.55. The molecule has 0 saturated heterocycles. The summed E-state index contributed by atoms with van der Waals surface area (Å²) in [5, 5.41) is 13.3. The summed E-state index contributed by atoms with van der Waals surface area (Å²) in [6.45, 7) is 8.89. The zero-order chi connectivity index (χ0) is 14.5. The summed E-state index contributed by atoms with van der Waals surface area (Å²) in [5.74, 6) is -1.89. The van der Waals surface area contributed by atoms with Gasteiger partial charge < -0.3 is 10.4 Å². The van der Waals surface area contributed by atoms with Crippen LogP contribution in [0.3, 0.4) is 0 Å². The van der Waals surface area contributed by atoms with Gasteiger partial charge in [-0.2, -0.15) is 0 Å². The zero-order valence-electron chi connectivity index (χ0n) is 11.4. The highest BCUT2D eigenvalue weighted by Gasteiger charge is 2.16. The fourth-order valence-electron chi connectivity index (χ4n) is 0.917. The quantitative estimate of drug-likeness (QED) is 0.663. The molecule has 0 aliphatic rings. The fourth-order valence-corrected chi connectivity index (χ4v) is 0.917. The summed E-state index contributed by atoms with van der Waals surface area (Å²) in [5.41, 5.74) is -0.174. The molecule has 0 bridgehead atoms. The van der Waals surface area contributed by atoms with E-state index in [2.05, 4.69) is 10.6 Å². The lowest BCUT2D eigenvalue weighted by molar-refractivity contribution is -0.133. The van der Waals surface area contributed by atoms with E-state index < -0.39 is 17.9 Å². The van der Waals surface area contributed by atoms with Crippen molar-refractivity contribution in [3.05, 3.63) is 11.1 Å². The summed E-state index contributed by atoms with van der Waals surface area (Å²) in [6.07, 6.45) is 0. The molecule has 0 unspecified atom stereocenters. The number of nitrogens with one attached hydrogen (secondary N) is 2. The Morgan fingerprint density at radius 3 is 1.94 bits per heavy atom. The number of carbonyl (C=O) groups excluding carboxylic acids is 2. The van der Waals surface area contributed by atoms with Crippen molar-refractivity contribution in [2.45, 2.75) is 34.6 Å². The third kappa shape index (κ3) is 6.03. The summed E-state index contributed by atoms with van der Waals surface area (Å²) >= 11 is 0. The van der Waals surface area contributed by atoms with E-state index in [1.807, 2.05) is 20.8 Å². The first-order valence-electron chi connectivity index (χ1n) is 5.54. The van der Waals surface area contributed by atoms with Gasteiger partial charge in [-0.3, -0.25) is 10.1 Å². The van der Waals surface area contributed by atoms with Crippen LogP contribution in [0, 0.1) is 5.41 Å². The molecule has 0 aromatic carbocycles. The van der Waals surface area contributed by atoms with E-state index in [1.54, 1.807) is 0 Å². The maximum Gasteiger partial charge on any atom is 0.331 e. The number of imide groups is 1. The summed E-state index contributed by atoms with van der Waals surface area (Å²) in [7, 11) is 0. The first-order chi connectivity index (χ1) is 8.04. The largest absolute Gasteiger partial charge is 0.478 e. The predicted molar refractivity (Wildman–Crippen MR) is 67.0 cm³/mol. The highest BCUT2D eigenvalue weighted by Crippen LogP contribution is 2.10. The van der Waals surface area contributed by atoms with E-state index in [1.165, 1.54) is 13.8 Å². The average Bonchev–Trinajstić information content (AvgIpc) is 2.23. The van der Waals surface area contributed by atoms with Gasteiger partial charge in [0.05, 0.1) is 0 Å². The summed E-state index contributed by atoms with van der Waals surface area (Å²) < 4.78 is 0. The Balaban J connectivity index is 4.46. The minimum Gasteiger partial charge on any atom is -0.478 e. The first-order valence-corrected chi connectivity index (χ1v) is 5.54. The van der Waals surface area contributed by atoms with Crippen LogP contribution in [0.25, 0.3) is 0 Å². The third-order valence-electron chi connectivity index (χ3n) is 2.23. The molecule has 0 heterocycles. The number of urea groups is 1. The molecule has 18 heavy (non-hydrogen) atoms. The lowest BCUT2D eigenvalue weighted by Gasteiger charge is -2.18. The van der Waals surface area contributed by atoms with Crippen molar-refractivity contribution < 1.29 is 19.5 Å². The van der Waals surface area contributed by atoms with Crippen LogP contribution in [-0.4, -0.2) is 29.6 Å². The summed E-state index contributed by atoms with van der Waals surface area (Å²) in [6, 6.07) is -0.632. The molecule has 3 N–H and O–H groups in total. The number of amides is 3. The monoisotopic (exact) mass is 256 g/mol. The van der Waals surface area contributed by atoms with E-state index in [-0.39, 0.29) is 16.6 Å². The van der Waals surface area contributed by atoms with Gasteiger partial charge in [0.1, 0.15) is 0 Å². The maximum absolute atomic E-state index is 11.5. The average molecular weight is 256 g/mol. The number of aliphatic carboxylic acids is 1. The molecule has 0 radical (unpaired) electrons. The number of carbonyl (C=O) groups is 3. The highest BCUT2D eigenvalue weighted by molar-refractivity contribution is 6.07. The van der Waals surface area contributed by atoms with Crippen LogP contribution in [0.4, 0.5) is 4.79 Å². The molecule has 0 aromatic heterocycles.